The van der Waals surface area contributed by atoms with E-state index < -0.39 is 17.3 Å². The topological polar surface area (TPSA) is 96.4 Å². The molecule has 1 N–H and O–H groups in total. The Labute approximate surface area is 156 Å². The molecule has 2 atom stereocenters. The molecule has 2 amide bonds. The number of likely N-dealkylation sites (tertiary alicyclic amines) is 1. The van der Waals surface area contributed by atoms with Gasteiger partial charge in [-0.15, -0.1) is 0 Å². The molecule has 8 heteroatoms. The molecule has 0 radical (unpaired) electrons. The number of carboxylic acids is 1. The molecule has 1 aromatic rings. The monoisotopic (exact) mass is 374 g/mol. The Kier molecular flexibility index (Phi) is 4.20. The van der Waals surface area contributed by atoms with Crippen molar-refractivity contribution in [3.05, 3.63) is 18.2 Å². The van der Waals surface area contributed by atoms with E-state index >= 15 is 0 Å². The second-order valence-corrected chi connectivity index (χ2v) is 7.61. The molecule has 1 aromatic carbocycles. The van der Waals surface area contributed by atoms with Crippen LogP contribution in [-0.2, 0) is 14.4 Å². The van der Waals surface area contributed by atoms with Crippen molar-refractivity contribution in [2.45, 2.75) is 19.8 Å². The van der Waals surface area contributed by atoms with Crippen molar-refractivity contribution in [2.75, 3.05) is 37.7 Å². The first-order valence-electron chi connectivity index (χ1n) is 9.09. The van der Waals surface area contributed by atoms with E-state index in [1.807, 2.05) is 0 Å². The highest BCUT2D eigenvalue weighted by Crippen LogP contribution is 2.37. The van der Waals surface area contributed by atoms with Crippen LogP contribution in [0.3, 0.4) is 0 Å². The minimum absolute atomic E-state index is 0.120. The average molecular weight is 374 g/mol. The highest BCUT2D eigenvalue weighted by Gasteiger charge is 2.45. The van der Waals surface area contributed by atoms with Crippen LogP contribution in [0.2, 0.25) is 0 Å². The van der Waals surface area contributed by atoms with Gasteiger partial charge in [-0.05, 0) is 25.5 Å². The van der Waals surface area contributed by atoms with E-state index in [1.165, 1.54) is 0 Å². The maximum absolute atomic E-state index is 12.8. The summed E-state index contributed by atoms with van der Waals surface area (Å²) in [6.45, 7) is 3.51. The van der Waals surface area contributed by atoms with Crippen LogP contribution in [0.4, 0.5) is 5.69 Å². The summed E-state index contributed by atoms with van der Waals surface area (Å²) in [6, 6.07) is 5.32. The summed E-state index contributed by atoms with van der Waals surface area (Å²) in [5.41, 5.74) is -0.232. The molecule has 0 bridgehead atoms. The lowest BCUT2D eigenvalue weighted by Gasteiger charge is -2.24. The number of benzene rings is 1. The van der Waals surface area contributed by atoms with Gasteiger partial charge >= 0.3 is 5.97 Å². The Balaban J connectivity index is 1.46. The zero-order valence-corrected chi connectivity index (χ0v) is 15.1. The smallest absolute Gasteiger partial charge is 0.311 e. The number of fused-ring (bicyclic) bond motifs is 1. The SMILES string of the molecule is CC1(C(=O)O)CCN(C(=O)C2CC(=O)N(c3ccc4c(c3)OCCO4)C2)C1. The van der Waals surface area contributed by atoms with E-state index in [0.717, 1.165) is 0 Å². The van der Waals surface area contributed by atoms with Crippen molar-refractivity contribution >= 4 is 23.5 Å². The number of carbonyl (C=O) groups is 3. The van der Waals surface area contributed by atoms with Crippen molar-refractivity contribution in [3.63, 3.8) is 0 Å². The minimum Gasteiger partial charge on any atom is -0.486 e. The molecule has 144 valence electrons. The van der Waals surface area contributed by atoms with Crippen molar-refractivity contribution in [1.29, 1.82) is 0 Å². The zero-order valence-electron chi connectivity index (χ0n) is 15.1. The second kappa shape index (κ2) is 6.44. The molecular formula is C19H22N2O6. The first-order valence-corrected chi connectivity index (χ1v) is 9.09. The summed E-state index contributed by atoms with van der Waals surface area (Å²) < 4.78 is 11.1. The van der Waals surface area contributed by atoms with Crippen molar-refractivity contribution < 1.29 is 29.0 Å². The Bertz CT molecular complexity index is 809. The first kappa shape index (κ1) is 17.6. The molecule has 0 aromatic heterocycles. The lowest BCUT2D eigenvalue weighted by atomic mass is 9.90. The normalized spacial score (nSPS) is 27.1. The van der Waals surface area contributed by atoms with Gasteiger partial charge in [0, 0.05) is 37.8 Å². The molecule has 3 aliphatic rings. The van der Waals surface area contributed by atoms with E-state index in [9.17, 15) is 19.5 Å². The molecule has 3 heterocycles. The predicted molar refractivity (Wildman–Crippen MR) is 94.8 cm³/mol. The summed E-state index contributed by atoms with van der Waals surface area (Å²) in [5.74, 6) is -0.369. The molecule has 0 aliphatic carbocycles. The molecule has 8 nitrogen and oxygen atoms in total. The van der Waals surface area contributed by atoms with E-state index in [2.05, 4.69) is 0 Å². The van der Waals surface area contributed by atoms with Gasteiger partial charge in [0.15, 0.2) is 11.5 Å². The molecule has 0 spiro atoms. The minimum atomic E-state index is -0.909. The van der Waals surface area contributed by atoms with Gasteiger partial charge in [0.1, 0.15) is 13.2 Å². The maximum atomic E-state index is 12.8. The highest BCUT2D eigenvalue weighted by molar-refractivity contribution is 6.00. The van der Waals surface area contributed by atoms with Gasteiger partial charge < -0.3 is 24.4 Å². The molecule has 0 saturated carbocycles. The predicted octanol–water partition coefficient (Wildman–Crippen LogP) is 1.13. The molecule has 4 rings (SSSR count). The highest BCUT2D eigenvalue weighted by atomic mass is 16.6. The molecule has 2 saturated heterocycles. The van der Waals surface area contributed by atoms with Gasteiger partial charge in [-0.1, -0.05) is 0 Å². The number of amides is 2. The molecular weight excluding hydrogens is 352 g/mol. The van der Waals surface area contributed by atoms with Crippen LogP contribution in [-0.4, -0.2) is 60.6 Å². The Hall–Kier alpha value is -2.77. The van der Waals surface area contributed by atoms with Gasteiger partial charge in [-0.25, -0.2) is 0 Å². The number of hydrogen-bond acceptors (Lipinski definition) is 5. The van der Waals surface area contributed by atoms with Gasteiger partial charge in [-0.3, -0.25) is 14.4 Å². The molecule has 3 aliphatic heterocycles. The van der Waals surface area contributed by atoms with Gasteiger partial charge in [-0.2, -0.15) is 0 Å². The fourth-order valence-corrected chi connectivity index (χ4v) is 3.90. The standard InChI is InChI=1S/C19H22N2O6/c1-19(18(24)25)4-5-20(11-19)17(23)12-8-16(22)21(10-12)13-2-3-14-15(9-13)27-7-6-26-14/h2-3,9,12H,4-8,10-11H2,1H3,(H,24,25). The van der Waals surface area contributed by atoms with E-state index in [4.69, 9.17) is 9.47 Å². The van der Waals surface area contributed by atoms with Crippen molar-refractivity contribution in [1.82, 2.24) is 4.90 Å². The Morgan fingerprint density at radius 1 is 1.22 bits per heavy atom. The van der Waals surface area contributed by atoms with Crippen LogP contribution in [0.25, 0.3) is 0 Å². The molecule has 27 heavy (non-hydrogen) atoms. The second-order valence-electron chi connectivity index (χ2n) is 7.61. The first-order chi connectivity index (χ1) is 12.9. The number of carboxylic acid groups (broad SMARTS) is 1. The third kappa shape index (κ3) is 3.09. The van der Waals surface area contributed by atoms with Crippen LogP contribution in [0.15, 0.2) is 18.2 Å². The van der Waals surface area contributed by atoms with Gasteiger partial charge in [0.2, 0.25) is 11.8 Å². The number of hydrogen-bond donors (Lipinski definition) is 1. The lowest BCUT2D eigenvalue weighted by Crippen LogP contribution is -2.39. The molecule has 2 fully saturated rings. The van der Waals surface area contributed by atoms with E-state index in [-0.39, 0.29) is 31.3 Å². The number of nitrogens with zero attached hydrogens (tertiary/aromatic N) is 2. The van der Waals surface area contributed by atoms with Crippen LogP contribution in [0, 0.1) is 11.3 Å². The Morgan fingerprint density at radius 3 is 2.67 bits per heavy atom. The number of rotatable bonds is 3. The van der Waals surface area contributed by atoms with Gasteiger partial charge in [0.25, 0.3) is 0 Å². The third-order valence-corrected chi connectivity index (χ3v) is 5.61. The quantitative estimate of drug-likeness (QED) is 0.852. The summed E-state index contributed by atoms with van der Waals surface area (Å²) >= 11 is 0. The summed E-state index contributed by atoms with van der Waals surface area (Å²) in [7, 11) is 0. The van der Waals surface area contributed by atoms with Crippen LogP contribution in [0.5, 0.6) is 11.5 Å². The fourth-order valence-electron chi connectivity index (χ4n) is 3.90. The van der Waals surface area contributed by atoms with Crippen LogP contribution < -0.4 is 14.4 Å². The third-order valence-electron chi connectivity index (χ3n) is 5.61. The van der Waals surface area contributed by atoms with Crippen molar-refractivity contribution in [3.8, 4) is 11.5 Å². The van der Waals surface area contributed by atoms with Crippen LogP contribution >= 0.6 is 0 Å². The zero-order chi connectivity index (χ0) is 19.2. The lowest BCUT2D eigenvalue weighted by molar-refractivity contribution is -0.147. The Morgan fingerprint density at radius 2 is 1.96 bits per heavy atom. The number of carbonyl (C=O) groups excluding carboxylic acids is 2. The number of ether oxygens (including phenoxy) is 2. The maximum Gasteiger partial charge on any atom is 0.311 e. The summed E-state index contributed by atoms with van der Waals surface area (Å²) in [5, 5.41) is 9.34. The van der Waals surface area contributed by atoms with Gasteiger partial charge in [0.05, 0.1) is 11.3 Å². The van der Waals surface area contributed by atoms with Crippen molar-refractivity contribution in [2.24, 2.45) is 11.3 Å². The largest absolute Gasteiger partial charge is 0.486 e. The van der Waals surface area contributed by atoms with Crippen LogP contribution in [0.1, 0.15) is 19.8 Å². The summed E-state index contributed by atoms with van der Waals surface area (Å²) in [6.07, 6.45) is 0.564. The summed E-state index contributed by atoms with van der Waals surface area (Å²) in [4.78, 5) is 39.9. The van der Waals surface area contributed by atoms with E-state index in [1.54, 1.807) is 34.9 Å². The number of aliphatic carboxylic acids is 1. The average Bonchev–Trinajstić information content (AvgIpc) is 3.25. The molecule has 2 unspecified atom stereocenters. The number of anilines is 1. The van der Waals surface area contributed by atoms with E-state index in [0.29, 0.717) is 43.4 Å². The fraction of sp³-hybridized carbons (Fsp3) is 0.526.